The third kappa shape index (κ3) is 1.72. The van der Waals surface area contributed by atoms with Gasteiger partial charge in [-0.3, -0.25) is 10.9 Å². The summed E-state index contributed by atoms with van der Waals surface area (Å²) in [6.07, 6.45) is 0. The van der Waals surface area contributed by atoms with Crippen LogP contribution in [0.4, 0.5) is 0 Å². The number of nitrogens with one attached hydrogen (secondary N) is 2. The Balaban J connectivity index is 2.16. The average molecular weight is 177 g/mol. The Bertz CT molecular complexity index is 260. The normalized spacial score (nSPS) is 27.8. The van der Waals surface area contributed by atoms with E-state index in [1.165, 1.54) is 5.56 Å². The average Bonchev–Trinajstić information content (AvgIpc) is 2.67. The second-order valence-electron chi connectivity index (χ2n) is 3.38. The molecule has 0 bridgehead atoms. The van der Waals surface area contributed by atoms with Crippen LogP contribution in [0.25, 0.3) is 0 Å². The van der Waals surface area contributed by atoms with Crippen LogP contribution in [0.2, 0.25) is 0 Å². The molecule has 4 N–H and O–H groups in total. The molecule has 0 saturated carbocycles. The first-order chi connectivity index (χ1) is 6.42. The van der Waals surface area contributed by atoms with Gasteiger partial charge in [0.25, 0.3) is 0 Å². The highest BCUT2D eigenvalue weighted by Gasteiger charge is 2.26. The van der Waals surface area contributed by atoms with Crippen LogP contribution < -0.4 is 16.6 Å². The van der Waals surface area contributed by atoms with E-state index >= 15 is 0 Å². The van der Waals surface area contributed by atoms with Crippen molar-refractivity contribution in [2.24, 2.45) is 5.73 Å². The van der Waals surface area contributed by atoms with Crippen LogP contribution in [0.15, 0.2) is 30.3 Å². The summed E-state index contributed by atoms with van der Waals surface area (Å²) in [5.41, 5.74) is 13.3. The Morgan fingerprint density at radius 3 is 2.77 bits per heavy atom. The van der Waals surface area contributed by atoms with Crippen LogP contribution in [0, 0.1) is 0 Å². The Labute approximate surface area is 78.3 Å². The molecule has 2 unspecified atom stereocenters. The summed E-state index contributed by atoms with van der Waals surface area (Å²) in [5.74, 6) is 0.506. The fourth-order valence-electron chi connectivity index (χ4n) is 1.82. The van der Waals surface area contributed by atoms with Crippen molar-refractivity contribution in [2.45, 2.75) is 12.0 Å². The second kappa shape index (κ2) is 3.87. The largest absolute Gasteiger partial charge is 0.329 e. The summed E-state index contributed by atoms with van der Waals surface area (Å²) in [5, 5.41) is 0. The molecule has 1 aromatic rings. The monoisotopic (exact) mass is 177 g/mol. The first-order valence-electron chi connectivity index (χ1n) is 4.65. The summed E-state index contributed by atoms with van der Waals surface area (Å²) >= 11 is 0. The standard InChI is InChI=1S/C10H15N3/c11-6-10-9(7-12-13-10)8-4-2-1-3-5-8/h1-5,9-10,12-13H,6-7,11H2. The smallest absolute Gasteiger partial charge is 0.0416 e. The lowest BCUT2D eigenvalue weighted by Crippen LogP contribution is -2.37. The van der Waals surface area contributed by atoms with E-state index in [0.717, 1.165) is 6.54 Å². The van der Waals surface area contributed by atoms with Crippen molar-refractivity contribution in [3.63, 3.8) is 0 Å². The summed E-state index contributed by atoms with van der Waals surface area (Å²) < 4.78 is 0. The van der Waals surface area contributed by atoms with Crippen LogP contribution in [-0.4, -0.2) is 19.1 Å². The van der Waals surface area contributed by atoms with Crippen molar-refractivity contribution in [1.82, 2.24) is 10.9 Å². The van der Waals surface area contributed by atoms with Gasteiger partial charge in [0.15, 0.2) is 0 Å². The minimum atomic E-state index is 0.363. The predicted molar refractivity (Wildman–Crippen MR) is 53.2 cm³/mol. The summed E-state index contributed by atoms with van der Waals surface area (Å²) in [7, 11) is 0. The van der Waals surface area contributed by atoms with E-state index in [-0.39, 0.29) is 0 Å². The van der Waals surface area contributed by atoms with Gasteiger partial charge >= 0.3 is 0 Å². The van der Waals surface area contributed by atoms with E-state index in [0.29, 0.717) is 18.5 Å². The zero-order chi connectivity index (χ0) is 9.10. The van der Waals surface area contributed by atoms with Crippen LogP contribution >= 0.6 is 0 Å². The molecule has 1 saturated heterocycles. The molecule has 3 nitrogen and oxygen atoms in total. The number of benzene rings is 1. The molecule has 2 atom stereocenters. The molecule has 1 aromatic carbocycles. The zero-order valence-electron chi connectivity index (χ0n) is 7.53. The van der Waals surface area contributed by atoms with Crippen molar-refractivity contribution in [2.75, 3.05) is 13.1 Å². The molecule has 1 aliphatic rings. The van der Waals surface area contributed by atoms with Gasteiger partial charge in [-0.25, -0.2) is 0 Å². The molecule has 1 heterocycles. The van der Waals surface area contributed by atoms with Gasteiger partial charge in [0.05, 0.1) is 0 Å². The van der Waals surface area contributed by atoms with Gasteiger partial charge in [0.2, 0.25) is 0 Å². The Morgan fingerprint density at radius 1 is 1.31 bits per heavy atom. The lowest BCUT2D eigenvalue weighted by Gasteiger charge is -2.16. The topological polar surface area (TPSA) is 50.1 Å². The molecular weight excluding hydrogens is 162 g/mol. The number of hydrazine groups is 1. The fourth-order valence-corrected chi connectivity index (χ4v) is 1.82. The molecule has 70 valence electrons. The molecule has 0 aliphatic carbocycles. The molecule has 1 aliphatic heterocycles. The van der Waals surface area contributed by atoms with Crippen molar-refractivity contribution in [3.8, 4) is 0 Å². The van der Waals surface area contributed by atoms with Gasteiger partial charge in [-0.2, -0.15) is 0 Å². The van der Waals surface area contributed by atoms with E-state index in [9.17, 15) is 0 Å². The maximum atomic E-state index is 5.66. The van der Waals surface area contributed by atoms with Crippen molar-refractivity contribution < 1.29 is 0 Å². The number of nitrogens with two attached hydrogens (primary N) is 1. The van der Waals surface area contributed by atoms with E-state index < -0.39 is 0 Å². The molecule has 3 heteroatoms. The first kappa shape index (κ1) is 8.69. The molecule has 2 rings (SSSR count). The quantitative estimate of drug-likeness (QED) is 0.605. The van der Waals surface area contributed by atoms with E-state index in [1.807, 2.05) is 6.07 Å². The number of hydrogen-bond acceptors (Lipinski definition) is 3. The van der Waals surface area contributed by atoms with E-state index in [1.54, 1.807) is 0 Å². The highest BCUT2D eigenvalue weighted by atomic mass is 15.4. The maximum Gasteiger partial charge on any atom is 0.0416 e. The van der Waals surface area contributed by atoms with E-state index in [2.05, 4.69) is 35.1 Å². The van der Waals surface area contributed by atoms with Crippen LogP contribution in [0.5, 0.6) is 0 Å². The Hall–Kier alpha value is -0.900. The summed E-state index contributed by atoms with van der Waals surface area (Å²) in [6.45, 7) is 1.64. The van der Waals surface area contributed by atoms with Crippen LogP contribution in [0.1, 0.15) is 11.5 Å². The maximum absolute atomic E-state index is 5.66. The minimum absolute atomic E-state index is 0.363. The summed E-state index contributed by atoms with van der Waals surface area (Å²) in [4.78, 5) is 0. The molecule has 0 aromatic heterocycles. The third-order valence-electron chi connectivity index (χ3n) is 2.58. The van der Waals surface area contributed by atoms with Gasteiger partial charge < -0.3 is 5.73 Å². The summed E-state index contributed by atoms with van der Waals surface area (Å²) in [6, 6.07) is 10.9. The van der Waals surface area contributed by atoms with Crippen molar-refractivity contribution >= 4 is 0 Å². The lowest BCUT2D eigenvalue weighted by molar-refractivity contribution is 0.537. The number of rotatable bonds is 2. The predicted octanol–water partition coefficient (Wildman–Crippen LogP) is 0.205. The van der Waals surface area contributed by atoms with Gasteiger partial charge in [-0.05, 0) is 5.56 Å². The molecule has 0 spiro atoms. The Kier molecular flexibility index (Phi) is 2.59. The third-order valence-corrected chi connectivity index (χ3v) is 2.58. The molecule has 0 radical (unpaired) electrons. The highest BCUT2D eigenvalue weighted by molar-refractivity contribution is 5.22. The molecule has 0 amide bonds. The van der Waals surface area contributed by atoms with E-state index in [4.69, 9.17) is 5.73 Å². The molecule has 1 fully saturated rings. The van der Waals surface area contributed by atoms with Crippen molar-refractivity contribution in [3.05, 3.63) is 35.9 Å². The van der Waals surface area contributed by atoms with Crippen LogP contribution in [-0.2, 0) is 0 Å². The second-order valence-corrected chi connectivity index (χ2v) is 3.38. The van der Waals surface area contributed by atoms with Crippen molar-refractivity contribution in [1.29, 1.82) is 0 Å². The zero-order valence-corrected chi connectivity index (χ0v) is 7.53. The molecule has 13 heavy (non-hydrogen) atoms. The SMILES string of the molecule is NCC1NNCC1c1ccccc1. The fraction of sp³-hybridized carbons (Fsp3) is 0.400. The first-order valence-corrected chi connectivity index (χ1v) is 4.65. The molecular formula is C10H15N3. The lowest BCUT2D eigenvalue weighted by atomic mass is 9.93. The minimum Gasteiger partial charge on any atom is -0.329 e. The van der Waals surface area contributed by atoms with Gasteiger partial charge in [0.1, 0.15) is 0 Å². The Morgan fingerprint density at radius 2 is 2.08 bits per heavy atom. The van der Waals surface area contributed by atoms with Crippen LogP contribution in [0.3, 0.4) is 0 Å². The van der Waals surface area contributed by atoms with Gasteiger partial charge in [-0.15, -0.1) is 0 Å². The van der Waals surface area contributed by atoms with Gasteiger partial charge in [-0.1, -0.05) is 30.3 Å². The number of hydrogen-bond donors (Lipinski definition) is 3. The highest BCUT2D eigenvalue weighted by Crippen LogP contribution is 2.20. The van der Waals surface area contributed by atoms with Gasteiger partial charge in [0, 0.05) is 25.0 Å².